The summed E-state index contributed by atoms with van der Waals surface area (Å²) in [5.41, 5.74) is 2.06. The van der Waals surface area contributed by atoms with Gasteiger partial charge in [-0.1, -0.05) is 58.4 Å². The van der Waals surface area contributed by atoms with Crippen molar-refractivity contribution in [1.29, 1.82) is 0 Å². The summed E-state index contributed by atoms with van der Waals surface area (Å²) in [5, 5.41) is 39.6. The van der Waals surface area contributed by atoms with E-state index >= 15 is 4.79 Å². The molecule has 8 nitrogen and oxygen atoms in total. The zero-order valence-corrected chi connectivity index (χ0v) is 32.3. The predicted octanol–water partition coefficient (Wildman–Crippen LogP) is 5.98. The lowest BCUT2D eigenvalue weighted by Crippen LogP contribution is -2.72. The highest BCUT2D eigenvalue weighted by atomic mass is 16.6. The number of carbonyl (C=O) groups excluding carboxylic acids is 2. The number of rotatable bonds is 10. The van der Waals surface area contributed by atoms with Crippen LogP contribution in [-0.2, 0) is 20.9 Å². The third-order valence-corrected chi connectivity index (χ3v) is 15.4. The number of ether oxygens (including phenoxy) is 1. The van der Waals surface area contributed by atoms with Crippen molar-refractivity contribution in [3.05, 3.63) is 52.6 Å². The average Bonchev–Trinajstić information content (AvgIpc) is 3.64. The first-order chi connectivity index (χ1) is 23.8. The second-order valence-corrected chi connectivity index (χ2v) is 19.0. The van der Waals surface area contributed by atoms with Crippen LogP contribution in [0.4, 0.5) is 0 Å². The molecular formula is C43H62N2O6. The van der Waals surface area contributed by atoms with E-state index in [0.29, 0.717) is 32.4 Å². The molecule has 3 saturated carbocycles. The Morgan fingerprint density at radius 2 is 1.75 bits per heavy atom. The van der Waals surface area contributed by atoms with Crippen LogP contribution < -0.4 is 10.6 Å². The maximum absolute atomic E-state index is 15.1. The molecule has 0 amide bonds. The number of carbonyl (C=O) groups is 2. The van der Waals surface area contributed by atoms with Crippen molar-refractivity contribution in [1.82, 2.24) is 10.6 Å². The number of nitrogens with one attached hydrogen (secondary N) is 2. The number of fused-ring (bicyclic) bond motifs is 5. The van der Waals surface area contributed by atoms with Gasteiger partial charge in [0.05, 0.1) is 23.7 Å². The van der Waals surface area contributed by atoms with E-state index in [4.69, 9.17) is 4.74 Å². The number of phenols is 1. The molecule has 280 valence electrons. The number of aromatic hydroxyl groups is 1. The minimum atomic E-state index is -0.660. The van der Waals surface area contributed by atoms with E-state index in [1.807, 2.05) is 27.8 Å². The molecule has 8 rings (SSSR count). The summed E-state index contributed by atoms with van der Waals surface area (Å²) >= 11 is 0. The topological polar surface area (TPSA) is 131 Å². The molecule has 1 heterocycles. The first-order valence-corrected chi connectivity index (χ1v) is 19.6. The summed E-state index contributed by atoms with van der Waals surface area (Å²) in [5.74, 6) is 0.292. The summed E-state index contributed by atoms with van der Waals surface area (Å²) in [6.45, 7) is 18.3. The Labute approximate surface area is 304 Å². The second kappa shape index (κ2) is 12.3. The molecule has 1 aromatic rings. The minimum Gasteiger partial charge on any atom is -0.508 e. The molecule has 0 aromatic heterocycles. The first-order valence-electron chi connectivity index (χ1n) is 19.6. The third-order valence-electron chi connectivity index (χ3n) is 15.4. The second-order valence-electron chi connectivity index (χ2n) is 19.0. The molecule has 51 heavy (non-hydrogen) atoms. The van der Waals surface area contributed by atoms with Gasteiger partial charge in [-0.3, -0.25) is 9.59 Å². The molecular weight excluding hydrogens is 640 g/mol. The Kier molecular flexibility index (Phi) is 8.95. The van der Waals surface area contributed by atoms with Crippen LogP contribution in [-0.4, -0.2) is 70.4 Å². The van der Waals surface area contributed by atoms with Crippen LogP contribution in [0.3, 0.4) is 0 Å². The van der Waals surface area contributed by atoms with Gasteiger partial charge in [0.15, 0.2) is 5.78 Å². The number of phenolic OH excluding ortho intramolecular Hbond substituents is 1. The van der Waals surface area contributed by atoms with E-state index in [-0.39, 0.29) is 75.0 Å². The molecule has 0 spiro atoms. The molecule has 5 N–H and O–H groups in total. The van der Waals surface area contributed by atoms with Crippen molar-refractivity contribution in [3.8, 4) is 5.75 Å². The average molecular weight is 703 g/mol. The summed E-state index contributed by atoms with van der Waals surface area (Å²) in [4.78, 5) is 29.4. The van der Waals surface area contributed by atoms with Crippen LogP contribution in [0, 0.1) is 45.3 Å². The van der Waals surface area contributed by atoms with Crippen LogP contribution in [0.15, 0.2) is 41.5 Å². The highest BCUT2D eigenvalue weighted by Gasteiger charge is 2.74. The van der Waals surface area contributed by atoms with Crippen LogP contribution in [0.2, 0.25) is 0 Å². The van der Waals surface area contributed by atoms with Gasteiger partial charge in [0.25, 0.3) is 0 Å². The van der Waals surface area contributed by atoms with Crippen molar-refractivity contribution in [3.63, 3.8) is 0 Å². The van der Waals surface area contributed by atoms with Gasteiger partial charge in [0.1, 0.15) is 17.6 Å². The van der Waals surface area contributed by atoms with Crippen LogP contribution >= 0.6 is 0 Å². The van der Waals surface area contributed by atoms with E-state index in [1.165, 1.54) is 5.57 Å². The van der Waals surface area contributed by atoms with Crippen molar-refractivity contribution in [2.45, 2.75) is 136 Å². The quantitative estimate of drug-likeness (QED) is 0.149. The molecule has 13 atom stereocenters. The lowest BCUT2D eigenvalue weighted by atomic mass is 9.32. The molecule has 4 fully saturated rings. The Bertz CT molecular complexity index is 1660. The molecule has 8 heteroatoms. The molecule has 1 aromatic carbocycles. The third kappa shape index (κ3) is 5.39. The number of hydrogen-bond acceptors (Lipinski definition) is 8. The molecule has 1 saturated heterocycles. The van der Waals surface area contributed by atoms with Crippen LogP contribution in [0.5, 0.6) is 5.75 Å². The molecule has 7 aliphatic rings. The Morgan fingerprint density at radius 3 is 2.39 bits per heavy atom. The number of hydrogen-bond donors (Lipinski definition) is 5. The molecule has 1 aliphatic heterocycles. The number of Topliss-reactive ketones (excluding diaryl/α,β-unsaturated/α-hetero) is 2. The van der Waals surface area contributed by atoms with Gasteiger partial charge in [-0.25, -0.2) is 0 Å². The van der Waals surface area contributed by atoms with Gasteiger partial charge in [-0.15, -0.1) is 0 Å². The lowest BCUT2D eigenvalue weighted by Gasteiger charge is -2.72. The monoisotopic (exact) mass is 702 g/mol. The zero-order valence-electron chi connectivity index (χ0n) is 32.3. The summed E-state index contributed by atoms with van der Waals surface area (Å²) in [7, 11) is 1.89. The number of aliphatic hydroxyl groups is 2. The Morgan fingerprint density at radius 1 is 1.04 bits per heavy atom. The normalized spacial score (nSPS) is 42.6. The summed E-state index contributed by atoms with van der Waals surface area (Å²) in [6, 6.07) is 5.64. The highest BCUT2D eigenvalue weighted by Crippen LogP contribution is 2.77. The maximum Gasteiger partial charge on any atom is 0.159 e. The standard InChI is InChI=1S/C43H62N2O6/c1-23(15-31(48)38-39(3,4)51-38)34-28-12-13-33-42(7,41(28,6)20-32(34)49)19-30(45-21-24(2)46)36-40(5)14-10-11-29(43(33,36)8)35(37(40)50)26-16-25(22-44-9)17-27(47)18-26/h10-11,16-18,23-24,29-31,33,35-36,38,44-48H,12-15,19-22H2,1-9H3/t23-,24+,29+,30+,31-,33+,35-,36+,38-,40+,41+,42+,43+/m1/s1. The van der Waals surface area contributed by atoms with Gasteiger partial charge >= 0.3 is 0 Å². The predicted molar refractivity (Wildman–Crippen MR) is 198 cm³/mol. The molecule has 0 unspecified atom stereocenters. The number of benzene rings is 1. The van der Waals surface area contributed by atoms with Crippen LogP contribution in [0.25, 0.3) is 0 Å². The maximum atomic E-state index is 15.1. The first kappa shape index (κ1) is 37.0. The van der Waals surface area contributed by atoms with Gasteiger partial charge in [-0.05, 0) is 123 Å². The van der Waals surface area contributed by atoms with Gasteiger partial charge in [-0.2, -0.15) is 0 Å². The number of ketones is 2. The highest BCUT2D eigenvalue weighted by molar-refractivity contribution is 6.00. The van der Waals surface area contributed by atoms with Gasteiger partial charge in [0.2, 0.25) is 0 Å². The number of allylic oxidation sites excluding steroid dienone is 4. The van der Waals surface area contributed by atoms with Crippen molar-refractivity contribution >= 4 is 11.6 Å². The van der Waals surface area contributed by atoms with Crippen molar-refractivity contribution in [2.75, 3.05) is 13.6 Å². The minimum absolute atomic E-state index is 0.0151. The Hall–Kier alpha value is -2.36. The van der Waals surface area contributed by atoms with E-state index in [9.17, 15) is 20.1 Å². The fourth-order valence-corrected chi connectivity index (χ4v) is 13.2. The van der Waals surface area contributed by atoms with E-state index in [2.05, 4.69) is 63.5 Å². The lowest BCUT2D eigenvalue weighted by molar-refractivity contribution is -0.206. The van der Waals surface area contributed by atoms with Crippen molar-refractivity contribution < 1.29 is 29.6 Å². The van der Waals surface area contributed by atoms with Gasteiger partial charge in [0, 0.05) is 36.4 Å². The number of epoxide rings is 1. The fraction of sp³-hybridized carbons (Fsp3) is 0.721. The Balaban J connectivity index is 1.35. The largest absolute Gasteiger partial charge is 0.508 e. The molecule has 2 bridgehead atoms. The van der Waals surface area contributed by atoms with E-state index < -0.39 is 23.5 Å². The molecule has 0 radical (unpaired) electrons. The van der Waals surface area contributed by atoms with Crippen LogP contribution in [0.1, 0.15) is 111 Å². The van der Waals surface area contributed by atoms with E-state index in [1.54, 1.807) is 12.1 Å². The van der Waals surface area contributed by atoms with Crippen molar-refractivity contribution in [2.24, 2.45) is 45.3 Å². The summed E-state index contributed by atoms with van der Waals surface area (Å²) < 4.78 is 5.78. The number of aliphatic hydroxyl groups excluding tert-OH is 2. The van der Waals surface area contributed by atoms with Gasteiger partial charge < -0.3 is 30.7 Å². The zero-order chi connectivity index (χ0) is 37.1. The molecule has 6 aliphatic carbocycles. The fourth-order valence-electron chi connectivity index (χ4n) is 13.2. The SMILES string of the molecule is CNCc1cc(O)cc([C@H]2C(=O)[C@@]3(C)CC=C[C@@H]2[C@@]2(C)[C@H]4CCC5=C([C@H](C)C[C@@H](O)[C@H]6OC6(C)C)C(=O)C[C@]5(C)[C@@]4(C)C[C@H](NC[C@H](C)O)[C@H]23)c1. The smallest absolute Gasteiger partial charge is 0.159 e. The summed E-state index contributed by atoms with van der Waals surface area (Å²) in [6.07, 6.45) is 7.41. The van der Waals surface area contributed by atoms with E-state index in [0.717, 1.165) is 36.0 Å².